The maximum Gasteiger partial charge on any atom is 0.329 e. The second-order valence-corrected chi connectivity index (χ2v) is 14.3. The molecule has 7 nitrogen and oxygen atoms in total. The highest BCUT2D eigenvalue weighted by Gasteiger charge is 2.59. The van der Waals surface area contributed by atoms with Crippen LogP contribution in [-0.2, 0) is 31.0 Å². The molecule has 0 aromatic heterocycles. The van der Waals surface area contributed by atoms with Gasteiger partial charge in [-0.3, -0.25) is 4.79 Å². The van der Waals surface area contributed by atoms with Gasteiger partial charge in [0, 0.05) is 30.7 Å². The topological polar surface area (TPSA) is 77.1 Å². The molecule has 1 amide bonds. The Morgan fingerprint density at radius 3 is 2.43 bits per heavy atom. The lowest BCUT2D eigenvalue weighted by Crippen LogP contribution is -2.51. The molecule has 2 saturated heterocycles. The molecule has 1 aliphatic carbocycles. The van der Waals surface area contributed by atoms with Crippen LogP contribution < -0.4 is 10.1 Å². The molecule has 3 aliphatic rings. The molecule has 5 rings (SSSR count). The predicted octanol–water partition coefficient (Wildman–Crippen LogP) is 6.65. The normalized spacial score (nSPS) is 26.6. The summed E-state index contributed by atoms with van der Waals surface area (Å²) in [6, 6.07) is 13.4. The van der Waals surface area contributed by atoms with E-state index >= 15 is 0 Å². The van der Waals surface area contributed by atoms with Gasteiger partial charge < -0.3 is 24.4 Å². The third-order valence-electron chi connectivity index (χ3n) is 10.4. The lowest BCUT2D eigenvalue weighted by molar-refractivity contribution is -0.162. The van der Waals surface area contributed by atoms with E-state index in [2.05, 4.69) is 70.3 Å². The fourth-order valence-corrected chi connectivity index (χ4v) is 7.80. The number of esters is 1. The van der Waals surface area contributed by atoms with Crippen molar-refractivity contribution < 1.29 is 23.8 Å². The van der Waals surface area contributed by atoms with Crippen LogP contribution in [0.1, 0.15) is 101 Å². The highest BCUT2D eigenvalue weighted by atomic mass is 16.5. The average Bonchev–Trinajstić information content (AvgIpc) is 3.34. The van der Waals surface area contributed by atoms with Gasteiger partial charge in [-0.05, 0) is 79.5 Å². The van der Waals surface area contributed by atoms with Gasteiger partial charge in [0.1, 0.15) is 17.9 Å². The third kappa shape index (κ3) is 6.28. The van der Waals surface area contributed by atoms with Crippen molar-refractivity contribution in [1.29, 1.82) is 0 Å². The zero-order valence-electron chi connectivity index (χ0n) is 27.8. The Kier molecular flexibility index (Phi) is 9.76. The summed E-state index contributed by atoms with van der Waals surface area (Å²) >= 11 is 0. The molecular weight excluding hydrogens is 552 g/mol. The molecule has 0 unspecified atom stereocenters. The summed E-state index contributed by atoms with van der Waals surface area (Å²) in [6.45, 7) is 14.1. The molecule has 0 spiro atoms. The largest absolute Gasteiger partial charge is 0.496 e. The molecule has 2 heterocycles. The van der Waals surface area contributed by atoms with Gasteiger partial charge in [-0.15, -0.1) is 0 Å². The van der Waals surface area contributed by atoms with Crippen molar-refractivity contribution in [2.75, 3.05) is 20.3 Å². The number of likely N-dealkylation sites (tertiary alicyclic amines) is 1. The Labute approximate surface area is 264 Å². The number of methoxy groups -OCH3 is 1. The molecule has 2 aromatic carbocycles. The van der Waals surface area contributed by atoms with Crippen LogP contribution in [0.5, 0.6) is 5.75 Å². The number of hydrogen-bond acceptors (Lipinski definition) is 6. The number of carbonyl (C=O) groups is 2. The Balaban J connectivity index is 1.61. The number of benzene rings is 2. The molecule has 240 valence electrons. The van der Waals surface area contributed by atoms with Crippen molar-refractivity contribution in [3.8, 4) is 5.75 Å². The van der Waals surface area contributed by atoms with Gasteiger partial charge in [-0.2, -0.15) is 0 Å². The van der Waals surface area contributed by atoms with E-state index in [0.717, 1.165) is 35.3 Å². The molecule has 0 radical (unpaired) electrons. The van der Waals surface area contributed by atoms with Crippen LogP contribution in [0, 0.1) is 18.3 Å². The minimum Gasteiger partial charge on any atom is -0.496 e. The van der Waals surface area contributed by atoms with Gasteiger partial charge in [0.05, 0.1) is 19.8 Å². The standard InChI is InChI=1S/C37H52N2O5/c1-8-43-35(41)33-30(36(3,4)5)31(38-23-25-22-26(17-18-28(25)42-7)37(6)19-13-20-37)32(27-15-10-9-14-24(27)2)39(33)34(40)29-16-11-12-21-44-29/h9-10,14-15,17-18,22,29-33,38H,8,11-13,16,19-21,23H2,1-7H3/t29-,30-,31-,32-,33-/m0/s1. The Morgan fingerprint density at radius 1 is 1.09 bits per heavy atom. The SMILES string of the molecule is CCOC(=O)[C@@H]1[C@@H](C(C)(C)C)[C@H](NCc2cc(C3(C)CCC3)ccc2OC)[C@H](c2ccccc2C)N1C(=O)[C@@H]1CCCCO1. The monoisotopic (exact) mass is 604 g/mol. The summed E-state index contributed by atoms with van der Waals surface area (Å²) in [5.74, 6) is 0.147. The van der Waals surface area contributed by atoms with Crippen molar-refractivity contribution in [1.82, 2.24) is 10.2 Å². The zero-order valence-corrected chi connectivity index (χ0v) is 27.8. The molecule has 0 bridgehead atoms. The van der Waals surface area contributed by atoms with Crippen molar-refractivity contribution in [3.05, 3.63) is 64.7 Å². The first-order valence-electron chi connectivity index (χ1n) is 16.6. The van der Waals surface area contributed by atoms with E-state index in [1.54, 1.807) is 7.11 Å². The smallest absolute Gasteiger partial charge is 0.329 e. The van der Waals surface area contributed by atoms with Gasteiger partial charge in [0.15, 0.2) is 0 Å². The van der Waals surface area contributed by atoms with Crippen LogP contribution in [-0.4, -0.2) is 55.3 Å². The number of nitrogens with one attached hydrogen (secondary N) is 1. The molecule has 1 N–H and O–H groups in total. The summed E-state index contributed by atoms with van der Waals surface area (Å²) in [4.78, 5) is 30.4. The number of nitrogens with zero attached hydrogens (tertiary/aromatic N) is 1. The van der Waals surface area contributed by atoms with Crippen molar-refractivity contribution in [2.45, 2.75) is 116 Å². The zero-order chi connectivity index (χ0) is 31.6. The number of aryl methyl sites for hydroxylation is 1. The van der Waals surface area contributed by atoms with Crippen molar-refractivity contribution >= 4 is 11.9 Å². The fraction of sp³-hybridized carbons (Fsp3) is 0.622. The van der Waals surface area contributed by atoms with Crippen molar-refractivity contribution in [3.63, 3.8) is 0 Å². The molecule has 1 saturated carbocycles. The van der Waals surface area contributed by atoms with Crippen LogP contribution in [0.3, 0.4) is 0 Å². The van der Waals surface area contributed by atoms with Gasteiger partial charge in [-0.25, -0.2) is 4.79 Å². The minimum atomic E-state index is -0.753. The minimum absolute atomic E-state index is 0.118. The summed E-state index contributed by atoms with van der Waals surface area (Å²) in [5.41, 5.74) is 4.42. The van der Waals surface area contributed by atoms with E-state index in [9.17, 15) is 9.59 Å². The van der Waals surface area contributed by atoms with Crippen LogP contribution >= 0.6 is 0 Å². The third-order valence-corrected chi connectivity index (χ3v) is 10.4. The van der Waals surface area contributed by atoms with Crippen molar-refractivity contribution in [2.24, 2.45) is 11.3 Å². The van der Waals surface area contributed by atoms with Gasteiger partial charge in [0.2, 0.25) is 0 Å². The fourth-order valence-electron chi connectivity index (χ4n) is 7.80. The Bertz CT molecular complexity index is 1320. The average molecular weight is 605 g/mol. The summed E-state index contributed by atoms with van der Waals surface area (Å²) in [5, 5.41) is 3.91. The summed E-state index contributed by atoms with van der Waals surface area (Å²) in [6.07, 6.45) is 5.62. The second kappa shape index (κ2) is 13.2. The molecule has 7 heteroatoms. The number of ether oxygens (including phenoxy) is 3. The van der Waals surface area contributed by atoms with Gasteiger partial charge in [-0.1, -0.05) is 70.5 Å². The van der Waals surface area contributed by atoms with E-state index in [-0.39, 0.29) is 47.3 Å². The first-order valence-corrected chi connectivity index (χ1v) is 16.6. The van der Waals surface area contributed by atoms with E-state index in [4.69, 9.17) is 14.2 Å². The highest BCUT2D eigenvalue weighted by molar-refractivity contribution is 5.89. The molecule has 5 atom stereocenters. The quantitative estimate of drug-likeness (QED) is 0.323. The first kappa shape index (κ1) is 32.5. The van der Waals surface area contributed by atoms with E-state index < -0.39 is 12.1 Å². The van der Waals surface area contributed by atoms with Gasteiger partial charge >= 0.3 is 5.97 Å². The lowest BCUT2D eigenvalue weighted by Gasteiger charge is -2.39. The number of hydrogen-bond donors (Lipinski definition) is 1. The summed E-state index contributed by atoms with van der Waals surface area (Å²) < 4.78 is 17.6. The Hall–Kier alpha value is -2.90. The molecule has 3 fully saturated rings. The maximum absolute atomic E-state index is 14.5. The molecule has 2 aliphatic heterocycles. The maximum atomic E-state index is 14.5. The lowest BCUT2D eigenvalue weighted by atomic mass is 9.66. The van der Waals surface area contributed by atoms with Crippen LogP contribution in [0.2, 0.25) is 0 Å². The van der Waals surface area contributed by atoms with Gasteiger partial charge in [0.25, 0.3) is 5.91 Å². The summed E-state index contributed by atoms with van der Waals surface area (Å²) in [7, 11) is 1.72. The molecule has 2 aromatic rings. The van der Waals surface area contributed by atoms with Crippen LogP contribution in [0.15, 0.2) is 42.5 Å². The number of rotatable bonds is 9. The van der Waals surface area contributed by atoms with E-state index in [1.165, 1.54) is 24.8 Å². The number of carbonyl (C=O) groups excluding carboxylic acids is 2. The second-order valence-electron chi connectivity index (χ2n) is 14.3. The predicted molar refractivity (Wildman–Crippen MR) is 173 cm³/mol. The molecular formula is C37H52N2O5. The first-order chi connectivity index (χ1) is 21.0. The van der Waals surface area contributed by atoms with Crippen LogP contribution in [0.25, 0.3) is 0 Å². The van der Waals surface area contributed by atoms with E-state index in [0.29, 0.717) is 19.6 Å². The van der Waals surface area contributed by atoms with E-state index in [1.807, 2.05) is 24.0 Å². The molecule has 44 heavy (non-hydrogen) atoms. The number of amides is 1. The van der Waals surface area contributed by atoms with Crippen LogP contribution in [0.4, 0.5) is 0 Å². The highest BCUT2D eigenvalue weighted by Crippen LogP contribution is 2.50. The Morgan fingerprint density at radius 2 is 1.84 bits per heavy atom.